The summed E-state index contributed by atoms with van der Waals surface area (Å²) in [6.07, 6.45) is 1.52. The van der Waals surface area contributed by atoms with Crippen LogP contribution in [0.2, 0.25) is 0 Å². The van der Waals surface area contributed by atoms with Gasteiger partial charge in [-0.3, -0.25) is 0 Å². The summed E-state index contributed by atoms with van der Waals surface area (Å²) in [7, 11) is 0. The van der Waals surface area contributed by atoms with Crippen LogP contribution in [0.25, 0.3) is 5.57 Å². The van der Waals surface area contributed by atoms with E-state index in [2.05, 4.69) is 13.8 Å². The summed E-state index contributed by atoms with van der Waals surface area (Å²) in [5, 5.41) is 0. The van der Waals surface area contributed by atoms with Gasteiger partial charge in [0.2, 0.25) is 0 Å². The highest BCUT2D eigenvalue weighted by Gasteiger charge is 2.44. The van der Waals surface area contributed by atoms with Crippen LogP contribution in [0.3, 0.4) is 0 Å². The van der Waals surface area contributed by atoms with E-state index >= 15 is 0 Å². The summed E-state index contributed by atoms with van der Waals surface area (Å²) >= 11 is 0. The van der Waals surface area contributed by atoms with E-state index in [1.807, 2.05) is 38.1 Å². The number of rotatable bonds is 2. The SMILES string of the molecule is CC(C)c1ccc2c(c1)C(F)(F)OC1=CC(C(C)C)CC=C12. The van der Waals surface area contributed by atoms with E-state index in [1.165, 1.54) is 0 Å². The summed E-state index contributed by atoms with van der Waals surface area (Å²) in [5.41, 5.74) is 2.32. The number of ether oxygens (including phenoxy) is 1. The minimum atomic E-state index is -3.26. The predicted molar refractivity (Wildman–Crippen MR) is 84.5 cm³/mol. The Kier molecular flexibility index (Phi) is 3.62. The monoisotopic (exact) mass is 304 g/mol. The van der Waals surface area contributed by atoms with Gasteiger partial charge < -0.3 is 4.74 Å². The zero-order valence-corrected chi connectivity index (χ0v) is 13.5. The van der Waals surface area contributed by atoms with Gasteiger partial charge in [0.25, 0.3) is 0 Å². The van der Waals surface area contributed by atoms with Gasteiger partial charge in [-0.05, 0) is 47.4 Å². The summed E-state index contributed by atoms with van der Waals surface area (Å²) in [5.74, 6) is 1.21. The highest BCUT2D eigenvalue weighted by molar-refractivity contribution is 5.82. The molecular weight excluding hydrogens is 282 g/mol. The Labute approximate surface area is 130 Å². The molecule has 118 valence electrons. The van der Waals surface area contributed by atoms with Crippen molar-refractivity contribution in [3.63, 3.8) is 0 Å². The molecule has 0 fully saturated rings. The van der Waals surface area contributed by atoms with Crippen LogP contribution < -0.4 is 0 Å². The topological polar surface area (TPSA) is 9.23 Å². The number of fused-ring (bicyclic) bond motifs is 3. The van der Waals surface area contributed by atoms with E-state index in [-0.39, 0.29) is 17.4 Å². The first-order valence-corrected chi connectivity index (χ1v) is 7.93. The quantitative estimate of drug-likeness (QED) is 0.667. The van der Waals surface area contributed by atoms with Gasteiger partial charge in [-0.25, -0.2) is 0 Å². The van der Waals surface area contributed by atoms with Crippen LogP contribution in [-0.2, 0) is 10.8 Å². The third-order valence-electron chi connectivity index (χ3n) is 4.63. The Morgan fingerprint density at radius 1 is 1.18 bits per heavy atom. The molecule has 1 aromatic rings. The van der Waals surface area contributed by atoms with Crippen LogP contribution in [0.5, 0.6) is 0 Å². The number of hydrogen-bond donors (Lipinski definition) is 0. The smallest absolute Gasteiger partial charge is 0.427 e. The van der Waals surface area contributed by atoms with Gasteiger partial charge in [-0.15, -0.1) is 0 Å². The Morgan fingerprint density at radius 3 is 2.55 bits per heavy atom. The molecule has 0 saturated carbocycles. The first-order valence-electron chi connectivity index (χ1n) is 7.93. The Hall–Kier alpha value is -1.64. The van der Waals surface area contributed by atoms with Gasteiger partial charge in [-0.2, -0.15) is 8.78 Å². The second-order valence-corrected chi connectivity index (χ2v) is 6.87. The van der Waals surface area contributed by atoms with Crippen LogP contribution in [0.4, 0.5) is 8.78 Å². The van der Waals surface area contributed by atoms with Crippen LogP contribution >= 0.6 is 0 Å². The molecular formula is C19H22F2O. The molecule has 3 heteroatoms. The lowest BCUT2D eigenvalue weighted by atomic mass is 9.82. The van der Waals surface area contributed by atoms with Crippen molar-refractivity contribution in [2.45, 2.75) is 46.1 Å². The molecule has 1 atom stereocenters. The molecule has 0 radical (unpaired) electrons. The van der Waals surface area contributed by atoms with Crippen molar-refractivity contribution >= 4 is 5.57 Å². The minimum absolute atomic E-state index is 0.00917. The Bertz CT molecular complexity index is 653. The third kappa shape index (κ3) is 2.47. The summed E-state index contributed by atoms with van der Waals surface area (Å²) in [6, 6.07) is 5.35. The first-order chi connectivity index (χ1) is 10.3. The molecule has 1 aliphatic carbocycles. The lowest BCUT2D eigenvalue weighted by Gasteiger charge is -2.34. The molecule has 22 heavy (non-hydrogen) atoms. The van der Waals surface area contributed by atoms with Crippen LogP contribution in [-0.4, -0.2) is 0 Å². The lowest BCUT2D eigenvalue weighted by Crippen LogP contribution is -2.27. The van der Waals surface area contributed by atoms with Crippen LogP contribution in [0.1, 0.15) is 56.7 Å². The minimum Gasteiger partial charge on any atom is -0.429 e. The van der Waals surface area contributed by atoms with E-state index in [9.17, 15) is 8.78 Å². The summed E-state index contributed by atoms with van der Waals surface area (Å²) in [6.45, 7) is 8.21. The molecule has 1 nitrogen and oxygen atoms in total. The van der Waals surface area contributed by atoms with Crippen molar-refractivity contribution in [1.82, 2.24) is 0 Å². The number of halogens is 2. The second kappa shape index (κ2) is 5.22. The van der Waals surface area contributed by atoms with Crippen LogP contribution in [0, 0.1) is 11.8 Å². The molecule has 0 bridgehead atoms. The predicted octanol–water partition coefficient (Wildman–Crippen LogP) is 5.83. The molecule has 0 saturated heterocycles. The van der Waals surface area contributed by atoms with E-state index in [0.717, 1.165) is 17.6 Å². The molecule has 1 aromatic carbocycles. The molecule has 1 unspecified atom stereocenters. The molecule has 0 N–H and O–H groups in total. The maximum Gasteiger partial charge on any atom is 0.427 e. The van der Waals surface area contributed by atoms with Gasteiger partial charge in [0.15, 0.2) is 0 Å². The molecule has 1 aliphatic heterocycles. The fourth-order valence-corrected chi connectivity index (χ4v) is 3.09. The molecule has 0 aromatic heterocycles. The van der Waals surface area contributed by atoms with Gasteiger partial charge in [0, 0.05) is 5.57 Å². The van der Waals surface area contributed by atoms with Crippen LogP contribution in [0.15, 0.2) is 36.1 Å². The van der Waals surface area contributed by atoms with E-state index in [0.29, 0.717) is 17.2 Å². The molecule has 0 spiro atoms. The van der Waals surface area contributed by atoms with Gasteiger partial charge in [-0.1, -0.05) is 45.9 Å². The van der Waals surface area contributed by atoms with Crippen molar-refractivity contribution in [1.29, 1.82) is 0 Å². The van der Waals surface area contributed by atoms with Gasteiger partial charge >= 0.3 is 6.11 Å². The van der Waals surface area contributed by atoms with E-state index in [1.54, 1.807) is 6.07 Å². The molecule has 0 amide bonds. The van der Waals surface area contributed by atoms with E-state index < -0.39 is 6.11 Å². The Morgan fingerprint density at radius 2 is 1.91 bits per heavy atom. The maximum absolute atomic E-state index is 14.4. The zero-order valence-electron chi connectivity index (χ0n) is 13.5. The molecule has 2 aliphatic rings. The highest BCUT2D eigenvalue weighted by atomic mass is 19.3. The maximum atomic E-state index is 14.4. The van der Waals surface area contributed by atoms with Crippen molar-refractivity contribution < 1.29 is 13.5 Å². The zero-order chi connectivity index (χ0) is 16.1. The first kappa shape index (κ1) is 15.3. The number of benzene rings is 1. The largest absolute Gasteiger partial charge is 0.429 e. The number of allylic oxidation sites excluding steroid dienone is 3. The molecule has 3 rings (SSSR count). The van der Waals surface area contributed by atoms with Crippen molar-refractivity contribution in [3.8, 4) is 0 Å². The normalized spacial score (nSPS) is 22.6. The van der Waals surface area contributed by atoms with E-state index in [4.69, 9.17) is 4.74 Å². The average Bonchev–Trinajstić information content (AvgIpc) is 2.45. The number of hydrogen-bond acceptors (Lipinski definition) is 1. The van der Waals surface area contributed by atoms with Crippen molar-refractivity contribution in [2.24, 2.45) is 11.8 Å². The van der Waals surface area contributed by atoms with Gasteiger partial charge in [0.05, 0.1) is 5.56 Å². The fraction of sp³-hybridized carbons (Fsp3) is 0.474. The standard InChI is InChI=1S/C19H22F2O/c1-11(2)13-5-7-15-16-8-6-14(12(3)4)10-18(16)22-19(20,21)17(15)9-13/h5,7-12,14H,6H2,1-4H3. The highest BCUT2D eigenvalue weighted by Crippen LogP contribution is 2.48. The third-order valence-corrected chi connectivity index (χ3v) is 4.63. The summed E-state index contributed by atoms with van der Waals surface area (Å²) < 4.78 is 34.0. The lowest BCUT2D eigenvalue weighted by molar-refractivity contribution is -0.223. The van der Waals surface area contributed by atoms with Crippen molar-refractivity contribution in [3.05, 3.63) is 52.8 Å². The average molecular weight is 304 g/mol. The molecule has 1 heterocycles. The van der Waals surface area contributed by atoms with Crippen molar-refractivity contribution in [2.75, 3.05) is 0 Å². The number of alkyl halides is 2. The second-order valence-electron chi connectivity index (χ2n) is 6.87. The fourth-order valence-electron chi connectivity index (χ4n) is 3.09. The summed E-state index contributed by atoms with van der Waals surface area (Å²) in [4.78, 5) is 0. The van der Waals surface area contributed by atoms with Gasteiger partial charge in [0.1, 0.15) is 5.76 Å². The Balaban J connectivity index is 2.10.